The average molecular weight is 441 g/mol. The van der Waals surface area contributed by atoms with Crippen LogP contribution in [0.25, 0.3) is 0 Å². The third-order valence-electron chi connectivity index (χ3n) is 9.18. The van der Waals surface area contributed by atoms with Crippen molar-refractivity contribution in [3.63, 3.8) is 0 Å². The van der Waals surface area contributed by atoms with Crippen LogP contribution in [0, 0.1) is 28.1 Å². The summed E-state index contributed by atoms with van der Waals surface area (Å²) in [6.07, 6.45) is 9.39. The fourth-order valence-electron chi connectivity index (χ4n) is 7.44. The summed E-state index contributed by atoms with van der Waals surface area (Å²) in [6, 6.07) is 1.82. The fraction of sp³-hybridized carbons (Fsp3) is 0.615. The molecule has 0 unspecified atom stereocenters. The van der Waals surface area contributed by atoms with E-state index < -0.39 is 34.6 Å². The first-order chi connectivity index (χ1) is 14.9. The molecule has 32 heavy (non-hydrogen) atoms. The van der Waals surface area contributed by atoms with Crippen molar-refractivity contribution < 1.29 is 28.6 Å². The van der Waals surface area contributed by atoms with Crippen molar-refractivity contribution in [2.24, 2.45) is 28.1 Å². The van der Waals surface area contributed by atoms with E-state index in [2.05, 4.69) is 19.9 Å². The predicted octanol–water partition coefficient (Wildman–Crippen LogP) is 4.51. The van der Waals surface area contributed by atoms with Gasteiger partial charge in [-0.3, -0.25) is 4.79 Å². The molecule has 0 aromatic carbocycles. The number of aliphatic hydroxyl groups excluding tert-OH is 1. The molecule has 0 spiro atoms. The number of cyclic esters (lactones) is 1. The Morgan fingerprint density at radius 2 is 1.84 bits per heavy atom. The third-order valence-corrected chi connectivity index (χ3v) is 9.18. The standard InChI is InChI=1S/C26H32O6/c1-23(2)17-12-21(29)32-26(5)16(24(17,3)10-7-19(23)27)6-9-25(4)18(26)13-20(28)31-22(25)15-8-11-30-14-15/h7-8,10-11,13-14,16-17,19,22,27H,6,9,12H2,1-5H3/t16-,17-,19-,22+,24+,25-,26+/m1/s1. The van der Waals surface area contributed by atoms with Crippen LogP contribution in [0.15, 0.2) is 46.8 Å². The number of fused-ring (bicyclic) bond motifs is 5. The Morgan fingerprint density at radius 1 is 1.09 bits per heavy atom. The second-order valence-corrected chi connectivity index (χ2v) is 11.3. The monoisotopic (exact) mass is 440 g/mol. The van der Waals surface area contributed by atoms with Crippen LogP contribution >= 0.6 is 0 Å². The van der Waals surface area contributed by atoms with Gasteiger partial charge in [-0.2, -0.15) is 0 Å². The fourth-order valence-corrected chi connectivity index (χ4v) is 7.44. The van der Waals surface area contributed by atoms with Crippen LogP contribution in [-0.4, -0.2) is 28.8 Å². The first-order valence-corrected chi connectivity index (χ1v) is 11.5. The Balaban J connectivity index is 1.67. The zero-order valence-corrected chi connectivity index (χ0v) is 19.4. The second-order valence-electron chi connectivity index (χ2n) is 11.3. The molecule has 6 nitrogen and oxygen atoms in total. The zero-order valence-electron chi connectivity index (χ0n) is 19.4. The molecule has 5 rings (SSSR count). The van der Waals surface area contributed by atoms with E-state index in [0.717, 1.165) is 24.0 Å². The normalized spacial score (nSPS) is 44.9. The number of esters is 2. The summed E-state index contributed by atoms with van der Waals surface area (Å²) in [6.45, 7) is 10.3. The third kappa shape index (κ3) is 2.68. The van der Waals surface area contributed by atoms with E-state index in [9.17, 15) is 14.7 Å². The Kier molecular flexibility index (Phi) is 4.43. The van der Waals surface area contributed by atoms with Gasteiger partial charge in [0, 0.05) is 29.4 Å². The Morgan fingerprint density at radius 3 is 2.53 bits per heavy atom. The topological polar surface area (TPSA) is 86.0 Å². The first-order valence-electron chi connectivity index (χ1n) is 11.5. The number of carbonyl (C=O) groups excluding carboxylic acids is 2. The molecule has 0 bridgehead atoms. The maximum atomic E-state index is 13.2. The summed E-state index contributed by atoms with van der Waals surface area (Å²) in [5, 5.41) is 10.7. The van der Waals surface area contributed by atoms with Gasteiger partial charge in [0.25, 0.3) is 0 Å². The van der Waals surface area contributed by atoms with Crippen LogP contribution in [-0.2, 0) is 19.1 Å². The molecule has 4 aliphatic rings. The van der Waals surface area contributed by atoms with E-state index in [1.165, 1.54) is 0 Å². The van der Waals surface area contributed by atoms with Crippen LogP contribution < -0.4 is 0 Å². The van der Waals surface area contributed by atoms with Crippen LogP contribution in [0.4, 0.5) is 0 Å². The zero-order chi connectivity index (χ0) is 23.1. The molecule has 3 heterocycles. The highest BCUT2D eigenvalue weighted by atomic mass is 16.6. The van der Waals surface area contributed by atoms with E-state index in [-0.39, 0.29) is 29.6 Å². The smallest absolute Gasteiger partial charge is 0.331 e. The number of carbonyl (C=O) groups is 2. The van der Waals surface area contributed by atoms with Crippen LogP contribution in [0.2, 0.25) is 0 Å². The molecule has 1 saturated carbocycles. The van der Waals surface area contributed by atoms with Gasteiger partial charge < -0.3 is 19.0 Å². The highest BCUT2D eigenvalue weighted by molar-refractivity contribution is 5.85. The van der Waals surface area contributed by atoms with Gasteiger partial charge in [0.15, 0.2) is 0 Å². The lowest BCUT2D eigenvalue weighted by Crippen LogP contribution is -2.59. The van der Waals surface area contributed by atoms with Crippen molar-refractivity contribution in [1.82, 2.24) is 0 Å². The molecule has 1 aromatic rings. The number of ether oxygens (including phenoxy) is 2. The molecule has 1 saturated heterocycles. The first kappa shape index (κ1) is 21.5. The van der Waals surface area contributed by atoms with Crippen LogP contribution in [0.1, 0.15) is 65.5 Å². The lowest BCUT2D eigenvalue weighted by atomic mass is 9.46. The molecular weight excluding hydrogens is 408 g/mol. The highest BCUT2D eigenvalue weighted by Crippen LogP contribution is 2.66. The van der Waals surface area contributed by atoms with Gasteiger partial charge in [-0.05, 0) is 48.2 Å². The van der Waals surface area contributed by atoms with Crippen molar-refractivity contribution in [2.75, 3.05) is 0 Å². The molecule has 172 valence electrons. The summed E-state index contributed by atoms with van der Waals surface area (Å²) in [5.74, 6) is -0.836. The molecule has 2 aliphatic heterocycles. The summed E-state index contributed by atoms with van der Waals surface area (Å²) in [5.41, 5.74) is -0.716. The molecule has 1 aromatic heterocycles. The van der Waals surface area contributed by atoms with Gasteiger partial charge in [0.1, 0.15) is 11.7 Å². The Labute approximate surface area is 188 Å². The minimum absolute atomic E-state index is 0.0373. The Bertz CT molecular complexity index is 1020. The van der Waals surface area contributed by atoms with Crippen molar-refractivity contribution in [1.29, 1.82) is 0 Å². The quantitative estimate of drug-likeness (QED) is 0.511. The molecular formula is C26H32O6. The largest absolute Gasteiger partial charge is 0.472 e. The maximum Gasteiger partial charge on any atom is 0.331 e. The SMILES string of the molecule is CC1(C)[C@H](O)C=C[C@]2(C)[C@@H]1CC(=O)O[C@]1(C)C3=CC(=O)O[C@@H](c4ccoc4)[C@]3(C)CC[C@H]21. The second kappa shape index (κ2) is 6.60. The maximum absolute atomic E-state index is 13.2. The van der Waals surface area contributed by atoms with Gasteiger partial charge in [-0.1, -0.05) is 39.8 Å². The van der Waals surface area contributed by atoms with Gasteiger partial charge in [0.2, 0.25) is 0 Å². The van der Waals surface area contributed by atoms with Crippen molar-refractivity contribution in [2.45, 2.75) is 71.7 Å². The lowest BCUT2D eigenvalue weighted by Gasteiger charge is -2.59. The molecule has 0 amide bonds. The lowest BCUT2D eigenvalue weighted by molar-refractivity contribution is -0.175. The van der Waals surface area contributed by atoms with Gasteiger partial charge in [-0.15, -0.1) is 0 Å². The number of furan rings is 1. The van der Waals surface area contributed by atoms with E-state index in [1.54, 1.807) is 18.6 Å². The van der Waals surface area contributed by atoms with E-state index in [1.807, 2.05) is 32.9 Å². The number of allylic oxidation sites excluding steroid dienone is 1. The number of rotatable bonds is 1. The summed E-state index contributed by atoms with van der Waals surface area (Å²) >= 11 is 0. The summed E-state index contributed by atoms with van der Waals surface area (Å²) in [7, 11) is 0. The van der Waals surface area contributed by atoms with Gasteiger partial charge in [-0.25, -0.2) is 4.79 Å². The van der Waals surface area contributed by atoms with E-state index in [0.29, 0.717) is 0 Å². The Hall–Kier alpha value is -2.34. The van der Waals surface area contributed by atoms with Crippen molar-refractivity contribution in [3.05, 3.63) is 48.0 Å². The molecule has 1 N–H and O–H groups in total. The molecule has 6 heteroatoms. The molecule has 2 fully saturated rings. The van der Waals surface area contributed by atoms with E-state index in [4.69, 9.17) is 13.9 Å². The van der Waals surface area contributed by atoms with Crippen molar-refractivity contribution in [3.8, 4) is 0 Å². The average Bonchev–Trinajstić information content (AvgIpc) is 3.21. The molecule has 7 atom stereocenters. The van der Waals surface area contributed by atoms with Crippen LogP contribution in [0.5, 0.6) is 0 Å². The van der Waals surface area contributed by atoms with E-state index >= 15 is 0 Å². The summed E-state index contributed by atoms with van der Waals surface area (Å²) < 4.78 is 17.4. The summed E-state index contributed by atoms with van der Waals surface area (Å²) in [4.78, 5) is 26.0. The van der Waals surface area contributed by atoms with Crippen molar-refractivity contribution >= 4 is 11.9 Å². The minimum Gasteiger partial charge on any atom is -0.472 e. The van der Waals surface area contributed by atoms with Crippen LogP contribution in [0.3, 0.4) is 0 Å². The molecule has 0 radical (unpaired) electrons. The predicted molar refractivity (Wildman–Crippen MR) is 116 cm³/mol. The van der Waals surface area contributed by atoms with Gasteiger partial charge >= 0.3 is 11.9 Å². The number of hydrogen-bond acceptors (Lipinski definition) is 6. The van der Waals surface area contributed by atoms with Gasteiger partial charge in [0.05, 0.1) is 18.6 Å². The minimum atomic E-state index is -0.961. The number of aliphatic hydroxyl groups is 1. The molecule has 2 aliphatic carbocycles. The number of hydrogen-bond donors (Lipinski definition) is 1. The highest BCUT2D eigenvalue weighted by Gasteiger charge is 2.66.